The number of Topliss-reactive ketones (excluding diaryl/α,β-unsaturated/α-hetero) is 1. The van der Waals surface area contributed by atoms with Gasteiger partial charge in [-0.3, -0.25) is 14.9 Å². The van der Waals surface area contributed by atoms with E-state index in [4.69, 9.17) is 0 Å². The third-order valence-corrected chi connectivity index (χ3v) is 4.16. The summed E-state index contributed by atoms with van der Waals surface area (Å²) >= 11 is 0. The molecule has 0 amide bonds. The van der Waals surface area contributed by atoms with Crippen molar-refractivity contribution in [1.29, 1.82) is 0 Å². The van der Waals surface area contributed by atoms with Crippen LogP contribution in [-0.4, -0.2) is 48.8 Å². The summed E-state index contributed by atoms with van der Waals surface area (Å²) in [5, 5.41) is 11.2. The van der Waals surface area contributed by atoms with E-state index in [1.54, 1.807) is 12.1 Å². The van der Waals surface area contributed by atoms with Crippen molar-refractivity contribution in [2.45, 2.75) is 19.9 Å². The largest absolute Gasteiger partial charge is 0.369 e. The van der Waals surface area contributed by atoms with Gasteiger partial charge in [0.2, 0.25) is 0 Å². The Morgan fingerprint density at radius 2 is 2.05 bits per heavy atom. The zero-order valence-corrected chi connectivity index (χ0v) is 12.9. The Kier molecular flexibility index (Phi) is 4.27. The van der Waals surface area contributed by atoms with Crippen LogP contribution in [0.25, 0.3) is 0 Å². The van der Waals surface area contributed by atoms with Crippen LogP contribution in [-0.2, 0) is 0 Å². The first-order valence-electron chi connectivity index (χ1n) is 7.02. The molecule has 2 rings (SSSR count). The highest BCUT2D eigenvalue weighted by atomic mass is 16.6. The average Bonchev–Trinajstić information content (AvgIpc) is 2.80. The van der Waals surface area contributed by atoms with Crippen LogP contribution < -0.4 is 4.90 Å². The fraction of sp³-hybridized carbons (Fsp3) is 0.533. The monoisotopic (exact) mass is 291 g/mol. The lowest BCUT2D eigenvalue weighted by Gasteiger charge is -2.23. The highest BCUT2D eigenvalue weighted by Crippen LogP contribution is 2.30. The van der Waals surface area contributed by atoms with Crippen molar-refractivity contribution in [3.8, 4) is 0 Å². The lowest BCUT2D eigenvalue weighted by molar-refractivity contribution is -0.385. The van der Waals surface area contributed by atoms with Crippen LogP contribution in [0.3, 0.4) is 0 Å². The molecule has 1 aliphatic rings. The number of hydrogen-bond donors (Lipinski definition) is 0. The van der Waals surface area contributed by atoms with E-state index < -0.39 is 4.92 Å². The summed E-state index contributed by atoms with van der Waals surface area (Å²) in [5.74, 6) is 0.209. The molecule has 2 unspecified atom stereocenters. The number of anilines is 1. The SMILES string of the molecule is CC(=O)c1ccc(N2CC(C)C(N(C)C)C2)cc1[N+](=O)[O-]. The van der Waals surface area contributed by atoms with E-state index in [9.17, 15) is 14.9 Å². The van der Waals surface area contributed by atoms with Gasteiger partial charge in [-0.1, -0.05) is 6.92 Å². The van der Waals surface area contributed by atoms with Crippen molar-refractivity contribution in [2.24, 2.45) is 5.92 Å². The minimum Gasteiger partial charge on any atom is -0.369 e. The van der Waals surface area contributed by atoms with Crippen LogP contribution in [0.1, 0.15) is 24.2 Å². The molecular weight excluding hydrogens is 270 g/mol. The smallest absolute Gasteiger partial charge is 0.282 e. The molecule has 0 radical (unpaired) electrons. The summed E-state index contributed by atoms with van der Waals surface area (Å²) in [4.78, 5) is 26.5. The number of likely N-dealkylation sites (N-methyl/N-ethyl adjacent to an activating group) is 1. The number of nitro groups is 1. The highest BCUT2D eigenvalue weighted by Gasteiger charge is 2.32. The lowest BCUT2D eigenvalue weighted by atomic mass is 10.1. The zero-order chi connectivity index (χ0) is 15.7. The molecule has 1 aromatic carbocycles. The van der Waals surface area contributed by atoms with Gasteiger partial charge in [0.25, 0.3) is 5.69 Å². The minimum absolute atomic E-state index is 0.110. The maximum absolute atomic E-state index is 11.5. The van der Waals surface area contributed by atoms with Crippen molar-refractivity contribution < 1.29 is 9.72 Å². The fourth-order valence-corrected chi connectivity index (χ4v) is 3.00. The summed E-state index contributed by atoms with van der Waals surface area (Å²) in [6, 6.07) is 5.30. The molecule has 6 nitrogen and oxygen atoms in total. The van der Waals surface area contributed by atoms with Gasteiger partial charge in [0.15, 0.2) is 5.78 Å². The number of benzene rings is 1. The molecular formula is C15H21N3O3. The predicted molar refractivity (Wildman–Crippen MR) is 82.0 cm³/mol. The topological polar surface area (TPSA) is 66.7 Å². The van der Waals surface area contributed by atoms with Crippen molar-refractivity contribution in [1.82, 2.24) is 4.90 Å². The van der Waals surface area contributed by atoms with E-state index in [1.807, 2.05) is 14.1 Å². The first-order valence-corrected chi connectivity index (χ1v) is 7.02. The molecule has 1 aromatic rings. The molecule has 1 fully saturated rings. The van der Waals surface area contributed by atoms with Crippen molar-refractivity contribution in [2.75, 3.05) is 32.1 Å². The standard InChI is InChI=1S/C15H21N3O3/c1-10-8-17(9-15(10)16(3)4)12-5-6-13(11(2)19)14(7-12)18(20)21/h5-7,10,15H,8-9H2,1-4H3. The zero-order valence-electron chi connectivity index (χ0n) is 12.9. The molecule has 0 spiro atoms. The molecule has 0 aromatic heterocycles. The molecule has 0 N–H and O–H groups in total. The molecule has 1 aliphatic heterocycles. The van der Waals surface area contributed by atoms with Crippen molar-refractivity contribution in [3.05, 3.63) is 33.9 Å². The van der Waals surface area contributed by atoms with Crippen molar-refractivity contribution >= 4 is 17.2 Å². The van der Waals surface area contributed by atoms with E-state index >= 15 is 0 Å². The number of nitrogens with zero attached hydrogens (tertiary/aromatic N) is 3. The predicted octanol–water partition coefficient (Wildman–Crippen LogP) is 2.18. The molecule has 0 saturated carbocycles. The molecule has 1 heterocycles. The molecule has 114 valence electrons. The second-order valence-electron chi connectivity index (χ2n) is 5.93. The second kappa shape index (κ2) is 5.81. The second-order valence-corrected chi connectivity index (χ2v) is 5.93. The van der Waals surface area contributed by atoms with Gasteiger partial charge in [-0.15, -0.1) is 0 Å². The van der Waals surface area contributed by atoms with E-state index in [1.165, 1.54) is 13.0 Å². The molecule has 1 saturated heterocycles. The Balaban J connectivity index is 2.32. The third kappa shape index (κ3) is 3.05. The molecule has 0 bridgehead atoms. The van der Waals surface area contributed by atoms with E-state index in [0.717, 1.165) is 18.8 Å². The van der Waals surface area contributed by atoms with Crippen LogP contribution in [0.4, 0.5) is 11.4 Å². The summed E-state index contributed by atoms with van der Waals surface area (Å²) in [6.45, 7) is 5.23. The van der Waals surface area contributed by atoms with Crippen LogP contribution in [0.5, 0.6) is 0 Å². The summed E-state index contributed by atoms with van der Waals surface area (Å²) in [6.07, 6.45) is 0. The Bertz CT molecular complexity index is 571. The summed E-state index contributed by atoms with van der Waals surface area (Å²) in [7, 11) is 4.10. The van der Waals surface area contributed by atoms with Crippen LogP contribution in [0, 0.1) is 16.0 Å². The molecule has 6 heteroatoms. The van der Waals surface area contributed by atoms with Gasteiger partial charge in [0, 0.05) is 30.9 Å². The van der Waals surface area contributed by atoms with Gasteiger partial charge < -0.3 is 9.80 Å². The van der Waals surface area contributed by atoms with Crippen LogP contribution in [0.15, 0.2) is 18.2 Å². The number of carbonyl (C=O) groups excluding carboxylic acids is 1. The number of hydrogen-bond acceptors (Lipinski definition) is 5. The van der Waals surface area contributed by atoms with Crippen LogP contribution in [0.2, 0.25) is 0 Å². The van der Waals surface area contributed by atoms with Crippen molar-refractivity contribution in [3.63, 3.8) is 0 Å². The van der Waals surface area contributed by atoms with Gasteiger partial charge in [0.1, 0.15) is 0 Å². The minimum atomic E-state index is -0.483. The summed E-state index contributed by atoms with van der Waals surface area (Å²) < 4.78 is 0. The third-order valence-electron chi connectivity index (χ3n) is 4.16. The van der Waals surface area contributed by atoms with Gasteiger partial charge in [-0.2, -0.15) is 0 Å². The van der Waals surface area contributed by atoms with E-state index in [0.29, 0.717) is 12.0 Å². The van der Waals surface area contributed by atoms with E-state index in [-0.39, 0.29) is 17.0 Å². The quantitative estimate of drug-likeness (QED) is 0.483. The first kappa shape index (κ1) is 15.4. The Morgan fingerprint density at radius 3 is 2.52 bits per heavy atom. The summed E-state index contributed by atoms with van der Waals surface area (Å²) in [5.41, 5.74) is 0.865. The first-order chi connectivity index (χ1) is 9.81. The number of ketones is 1. The Labute approximate surface area is 124 Å². The highest BCUT2D eigenvalue weighted by molar-refractivity contribution is 5.98. The maximum atomic E-state index is 11.5. The molecule has 21 heavy (non-hydrogen) atoms. The van der Waals surface area contributed by atoms with E-state index in [2.05, 4.69) is 16.7 Å². The number of nitro benzene ring substituents is 1. The Morgan fingerprint density at radius 1 is 1.38 bits per heavy atom. The van der Waals surface area contributed by atoms with Gasteiger partial charge in [-0.05, 0) is 39.1 Å². The average molecular weight is 291 g/mol. The Hall–Kier alpha value is -1.95. The number of rotatable bonds is 4. The normalized spacial score (nSPS) is 21.9. The lowest BCUT2D eigenvalue weighted by Crippen LogP contribution is -2.34. The number of carbonyl (C=O) groups is 1. The van der Waals surface area contributed by atoms with Gasteiger partial charge >= 0.3 is 0 Å². The van der Waals surface area contributed by atoms with Crippen LogP contribution >= 0.6 is 0 Å². The molecule has 2 atom stereocenters. The van der Waals surface area contributed by atoms with Gasteiger partial charge in [-0.25, -0.2) is 0 Å². The fourth-order valence-electron chi connectivity index (χ4n) is 3.00. The maximum Gasteiger partial charge on any atom is 0.282 e. The van der Waals surface area contributed by atoms with Gasteiger partial charge in [0.05, 0.1) is 10.5 Å². The molecule has 0 aliphatic carbocycles.